The van der Waals surface area contributed by atoms with Crippen LogP contribution in [0.2, 0.25) is 0 Å². The van der Waals surface area contributed by atoms with Crippen molar-refractivity contribution in [2.75, 3.05) is 0 Å². The standard InChI is InChI=1S/C9H12N6O3/c1-4-2-5(13-9(12)14-8(10)11)7(16)6(3-4)15(17)18/h2-3,16H,1H3,(H6,10,11,12,13,14). The Morgan fingerprint density at radius 2 is 2.00 bits per heavy atom. The zero-order chi connectivity index (χ0) is 13.9. The van der Waals surface area contributed by atoms with Gasteiger partial charge in [0.2, 0.25) is 11.7 Å². The van der Waals surface area contributed by atoms with Crippen molar-refractivity contribution in [2.24, 2.45) is 27.2 Å². The van der Waals surface area contributed by atoms with Crippen molar-refractivity contribution in [1.29, 1.82) is 0 Å². The van der Waals surface area contributed by atoms with Gasteiger partial charge < -0.3 is 22.3 Å². The third-order valence-electron chi connectivity index (χ3n) is 1.89. The molecule has 0 heterocycles. The van der Waals surface area contributed by atoms with Crippen LogP contribution < -0.4 is 17.2 Å². The number of hydrogen-bond donors (Lipinski definition) is 4. The molecule has 1 rings (SSSR count). The van der Waals surface area contributed by atoms with Crippen LogP contribution in [0.5, 0.6) is 5.75 Å². The molecular weight excluding hydrogens is 240 g/mol. The Kier molecular flexibility index (Phi) is 3.67. The van der Waals surface area contributed by atoms with Gasteiger partial charge in [-0.3, -0.25) is 10.1 Å². The van der Waals surface area contributed by atoms with Crippen molar-refractivity contribution < 1.29 is 10.0 Å². The maximum atomic E-state index is 10.7. The highest BCUT2D eigenvalue weighted by molar-refractivity contribution is 5.94. The lowest BCUT2D eigenvalue weighted by molar-refractivity contribution is -0.385. The van der Waals surface area contributed by atoms with Gasteiger partial charge in [-0.25, -0.2) is 4.99 Å². The second-order valence-corrected chi connectivity index (χ2v) is 3.42. The van der Waals surface area contributed by atoms with Gasteiger partial charge in [0.1, 0.15) is 5.69 Å². The number of aliphatic imine (C=N–C) groups is 2. The quantitative estimate of drug-likeness (QED) is 0.246. The van der Waals surface area contributed by atoms with E-state index in [2.05, 4.69) is 9.98 Å². The first-order valence-corrected chi connectivity index (χ1v) is 4.73. The molecule has 0 aliphatic rings. The lowest BCUT2D eigenvalue weighted by Gasteiger charge is -2.02. The van der Waals surface area contributed by atoms with Crippen LogP contribution in [-0.4, -0.2) is 21.9 Å². The maximum Gasteiger partial charge on any atom is 0.313 e. The molecule has 0 radical (unpaired) electrons. The van der Waals surface area contributed by atoms with Crippen molar-refractivity contribution in [3.8, 4) is 5.75 Å². The summed E-state index contributed by atoms with van der Waals surface area (Å²) in [6, 6.07) is 2.63. The molecule has 7 N–H and O–H groups in total. The van der Waals surface area contributed by atoms with E-state index in [4.69, 9.17) is 17.2 Å². The van der Waals surface area contributed by atoms with Gasteiger partial charge in [0.25, 0.3) is 0 Å². The highest BCUT2D eigenvalue weighted by Crippen LogP contribution is 2.36. The summed E-state index contributed by atoms with van der Waals surface area (Å²) in [4.78, 5) is 17.1. The van der Waals surface area contributed by atoms with Crippen molar-refractivity contribution in [2.45, 2.75) is 6.92 Å². The molecule has 0 amide bonds. The summed E-state index contributed by atoms with van der Waals surface area (Å²) in [6.45, 7) is 1.61. The van der Waals surface area contributed by atoms with Crippen LogP contribution in [0.15, 0.2) is 22.1 Å². The van der Waals surface area contributed by atoms with Crippen LogP contribution in [0.4, 0.5) is 11.4 Å². The average Bonchev–Trinajstić information content (AvgIpc) is 2.21. The van der Waals surface area contributed by atoms with Gasteiger partial charge in [0, 0.05) is 6.07 Å². The van der Waals surface area contributed by atoms with Gasteiger partial charge >= 0.3 is 5.69 Å². The average molecular weight is 252 g/mol. The lowest BCUT2D eigenvalue weighted by Crippen LogP contribution is -2.26. The summed E-state index contributed by atoms with van der Waals surface area (Å²) >= 11 is 0. The molecule has 0 saturated heterocycles. The Labute approximate surface area is 102 Å². The van der Waals surface area contributed by atoms with E-state index in [0.29, 0.717) is 5.56 Å². The molecule has 0 aliphatic carbocycles. The number of aromatic hydroxyl groups is 1. The van der Waals surface area contributed by atoms with Crippen LogP contribution in [0.1, 0.15) is 5.56 Å². The van der Waals surface area contributed by atoms with Crippen molar-refractivity contribution in [1.82, 2.24) is 0 Å². The van der Waals surface area contributed by atoms with E-state index >= 15 is 0 Å². The van der Waals surface area contributed by atoms with E-state index < -0.39 is 16.4 Å². The van der Waals surface area contributed by atoms with Crippen molar-refractivity contribution in [3.05, 3.63) is 27.8 Å². The second-order valence-electron chi connectivity index (χ2n) is 3.42. The molecule has 0 aliphatic heterocycles. The molecule has 0 fully saturated rings. The van der Waals surface area contributed by atoms with Gasteiger partial charge in [-0.05, 0) is 18.6 Å². The van der Waals surface area contributed by atoms with Crippen molar-refractivity contribution >= 4 is 23.3 Å². The minimum Gasteiger partial charge on any atom is -0.501 e. The van der Waals surface area contributed by atoms with E-state index in [1.54, 1.807) is 6.92 Å². The Balaban J connectivity index is 3.34. The largest absolute Gasteiger partial charge is 0.501 e. The van der Waals surface area contributed by atoms with Crippen LogP contribution in [0, 0.1) is 17.0 Å². The first kappa shape index (κ1) is 13.2. The van der Waals surface area contributed by atoms with E-state index in [9.17, 15) is 15.2 Å². The highest BCUT2D eigenvalue weighted by atomic mass is 16.6. The van der Waals surface area contributed by atoms with E-state index in [0.717, 1.165) is 0 Å². The number of nitrogens with two attached hydrogens (primary N) is 3. The normalized spacial score (nSPS) is 11.1. The molecule has 0 aromatic heterocycles. The second kappa shape index (κ2) is 4.99. The van der Waals surface area contributed by atoms with Gasteiger partial charge in [-0.1, -0.05) is 0 Å². The van der Waals surface area contributed by atoms with Crippen LogP contribution in [0.25, 0.3) is 0 Å². The molecule has 1 aromatic rings. The SMILES string of the molecule is Cc1cc(N=C(N)N=C(N)N)c(O)c([N+](=O)[O-])c1. The Morgan fingerprint density at radius 3 is 2.50 bits per heavy atom. The lowest BCUT2D eigenvalue weighted by atomic mass is 10.2. The summed E-state index contributed by atoms with van der Waals surface area (Å²) in [5.41, 5.74) is 15.5. The molecule has 96 valence electrons. The van der Waals surface area contributed by atoms with Crippen LogP contribution in [0.3, 0.4) is 0 Å². The monoisotopic (exact) mass is 252 g/mol. The number of benzene rings is 1. The fourth-order valence-electron chi connectivity index (χ4n) is 1.25. The summed E-state index contributed by atoms with van der Waals surface area (Å²) in [7, 11) is 0. The number of guanidine groups is 2. The zero-order valence-corrected chi connectivity index (χ0v) is 9.49. The molecule has 9 heteroatoms. The van der Waals surface area contributed by atoms with E-state index in [1.165, 1.54) is 12.1 Å². The molecule has 0 bridgehead atoms. The van der Waals surface area contributed by atoms with Gasteiger partial charge in [0.05, 0.1) is 4.92 Å². The van der Waals surface area contributed by atoms with E-state index in [-0.39, 0.29) is 17.6 Å². The predicted octanol–water partition coefficient (Wildman–Crippen LogP) is -0.172. The molecule has 9 nitrogen and oxygen atoms in total. The zero-order valence-electron chi connectivity index (χ0n) is 9.49. The summed E-state index contributed by atoms with van der Waals surface area (Å²) in [5, 5.41) is 20.3. The van der Waals surface area contributed by atoms with Crippen molar-refractivity contribution in [3.63, 3.8) is 0 Å². The smallest absolute Gasteiger partial charge is 0.313 e. The summed E-state index contributed by atoms with van der Waals surface area (Å²) < 4.78 is 0. The van der Waals surface area contributed by atoms with Crippen LogP contribution >= 0.6 is 0 Å². The number of nitro groups is 1. The third-order valence-corrected chi connectivity index (χ3v) is 1.89. The Morgan fingerprint density at radius 1 is 1.39 bits per heavy atom. The molecule has 0 saturated carbocycles. The van der Waals surface area contributed by atoms with Gasteiger partial charge in [0.15, 0.2) is 5.96 Å². The molecule has 1 aromatic carbocycles. The van der Waals surface area contributed by atoms with Gasteiger partial charge in [-0.2, -0.15) is 4.99 Å². The Bertz CT molecular complexity index is 547. The summed E-state index contributed by atoms with van der Waals surface area (Å²) in [6.07, 6.45) is 0. The topological polar surface area (TPSA) is 166 Å². The number of nitrogens with zero attached hydrogens (tertiary/aromatic N) is 3. The minimum atomic E-state index is -0.724. The number of nitro benzene ring substituents is 1. The number of phenolic OH excluding ortho intramolecular Hbond substituents is 1. The van der Waals surface area contributed by atoms with Gasteiger partial charge in [-0.15, -0.1) is 0 Å². The fraction of sp³-hybridized carbons (Fsp3) is 0.111. The molecular formula is C9H12N6O3. The van der Waals surface area contributed by atoms with Crippen LogP contribution in [-0.2, 0) is 0 Å². The highest BCUT2D eigenvalue weighted by Gasteiger charge is 2.18. The molecule has 0 atom stereocenters. The minimum absolute atomic E-state index is 0.0794. The summed E-state index contributed by atoms with van der Waals surface area (Å²) in [5.74, 6) is -1.22. The number of aryl methyl sites for hydroxylation is 1. The number of hydrogen-bond acceptors (Lipinski definition) is 4. The Hall–Kier alpha value is -2.84. The molecule has 18 heavy (non-hydrogen) atoms. The fourth-order valence-corrected chi connectivity index (χ4v) is 1.25. The first-order chi connectivity index (χ1) is 8.31. The maximum absolute atomic E-state index is 10.7. The number of phenols is 1. The third kappa shape index (κ3) is 3.07. The number of rotatable bonds is 2. The molecule has 0 unspecified atom stereocenters. The van der Waals surface area contributed by atoms with E-state index in [1.807, 2.05) is 0 Å². The first-order valence-electron chi connectivity index (χ1n) is 4.73. The molecule has 0 spiro atoms. The predicted molar refractivity (Wildman–Crippen MR) is 66.6 cm³/mol.